The number of benzene rings is 1. The van der Waals surface area contributed by atoms with E-state index in [1.807, 2.05) is 24.9 Å². The molecule has 5 rings (SSSR count). The molecule has 7 heteroatoms. The molecule has 2 aromatic heterocycles. The molecule has 3 aromatic rings. The Labute approximate surface area is 164 Å². The molecule has 2 aliphatic rings. The molecular weight excluding hydrogens is 352 g/mol. The molecule has 1 spiro atoms. The molecule has 2 fully saturated rings. The summed E-state index contributed by atoms with van der Waals surface area (Å²) in [7, 11) is 1.97. The molecule has 1 unspecified atom stereocenters. The van der Waals surface area contributed by atoms with Crippen LogP contribution in [0.3, 0.4) is 0 Å². The van der Waals surface area contributed by atoms with E-state index in [9.17, 15) is 0 Å². The monoisotopic (exact) mass is 378 g/mol. The number of rotatable bonds is 5. The van der Waals surface area contributed by atoms with Crippen molar-refractivity contribution in [3.05, 3.63) is 65.6 Å². The van der Waals surface area contributed by atoms with Gasteiger partial charge in [-0.25, -0.2) is 0 Å². The Morgan fingerprint density at radius 2 is 1.82 bits per heavy atom. The summed E-state index contributed by atoms with van der Waals surface area (Å²) < 4.78 is 7.48. The minimum atomic E-state index is 0.190. The van der Waals surface area contributed by atoms with Crippen LogP contribution >= 0.6 is 0 Å². The fourth-order valence-corrected chi connectivity index (χ4v) is 4.92. The summed E-state index contributed by atoms with van der Waals surface area (Å²) >= 11 is 0. The van der Waals surface area contributed by atoms with Crippen LogP contribution in [0.4, 0.5) is 0 Å². The van der Waals surface area contributed by atoms with E-state index < -0.39 is 0 Å². The third-order valence-corrected chi connectivity index (χ3v) is 6.05. The van der Waals surface area contributed by atoms with Crippen molar-refractivity contribution in [2.45, 2.75) is 25.9 Å². The first-order valence-corrected chi connectivity index (χ1v) is 9.86. The third-order valence-electron chi connectivity index (χ3n) is 6.05. The molecule has 1 atom stereocenters. The van der Waals surface area contributed by atoms with Crippen LogP contribution in [0.25, 0.3) is 0 Å². The Bertz CT molecular complexity index is 943. The first-order valence-electron chi connectivity index (χ1n) is 9.86. The summed E-state index contributed by atoms with van der Waals surface area (Å²) in [6, 6.07) is 10.7. The van der Waals surface area contributed by atoms with Gasteiger partial charge in [0, 0.05) is 63.5 Å². The number of hydrogen-bond donors (Lipinski definition) is 0. The van der Waals surface area contributed by atoms with Gasteiger partial charge in [0.2, 0.25) is 5.89 Å². The minimum absolute atomic E-state index is 0.190. The van der Waals surface area contributed by atoms with E-state index in [0.29, 0.717) is 5.92 Å². The molecule has 0 amide bonds. The Balaban J connectivity index is 1.32. The molecule has 0 saturated carbocycles. The predicted molar refractivity (Wildman–Crippen MR) is 104 cm³/mol. The van der Waals surface area contributed by atoms with Gasteiger partial charge in [0.05, 0.1) is 12.1 Å². The lowest BCUT2D eigenvalue weighted by Gasteiger charge is -2.50. The number of aromatic nitrogens is 4. The lowest BCUT2D eigenvalue weighted by molar-refractivity contribution is -0.0150. The second kappa shape index (κ2) is 6.83. The zero-order valence-electron chi connectivity index (χ0n) is 16.5. The Morgan fingerprint density at radius 1 is 1.07 bits per heavy atom. The van der Waals surface area contributed by atoms with Crippen molar-refractivity contribution in [3.8, 4) is 0 Å². The van der Waals surface area contributed by atoms with Crippen molar-refractivity contribution in [1.29, 1.82) is 0 Å². The van der Waals surface area contributed by atoms with Gasteiger partial charge < -0.3 is 4.52 Å². The van der Waals surface area contributed by atoms with E-state index in [4.69, 9.17) is 4.52 Å². The van der Waals surface area contributed by atoms with Gasteiger partial charge in [0.1, 0.15) is 0 Å². The van der Waals surface area contributed by atoms with E-state index in [1.54, 1.807) is 0 Å². The van der Waals surface area contributed by atoms with E-state index >= 15 is 0 Å². The van der Waals surface area contributed by atoms with E-state index in [2.05, 4.69) is 61.6 Å². The zero-order valence-corrected chi connectivity index (χ0v) is 16.5. The van der Waals surface area contributed by atoms with Crippen LogP contribution < -0.4 is 0 Å². The van der Waals surface area contributed by atoms with Crippen molar-refractivity contribution in [2.75, 3.05) is 26.2 Å². The molecule has 4 heterocycles. The van der Waals surface area contributed by atoms with Crippen molar-refractivity contribution in [1.82, 2.24) is 29.7 Å². The predicted octanol–water partition coefficient (Wildman–Crippen LogP) is 2.21. The van der Waals surface area contributed by atoms with Crippen molar-refractivity contribution in [3.63, 3.8) is 0 Å². The van der Waals surface area contributed by atoms with Gasteiger partial charge in [-0.05, 0) is 12.5 Å². The summed E-state index contributed by atoms with van der Waals surface area (Å²) in [5.74, 6) is 1.81. The van der Waals surface area contributed by atoms with Gasteiger partial charge in [-0.2, -0.15) is 10.1 Å². The first kappa shape index (κ1) is 17.6. The number of aryl methyl sites for hydroxylation is 2. The first-order chi connectivity index (χ1) is 13.6. The Hall–Kier alpha value is -2.51. The fourth-order valence-electron chi connectivity index (χ4n) is 4.92. The average Bonchev–Trinajstić information content (AvgIpc) is 3.35. The normalized spacial score (nSPS) is 22.0. The van der Waals surface area contributed by atoms with Gasteiger partial charge in [0.25, 0.3) is 0 Å². The van der Waals surface area contributed by atoms with E-state index in [0.717, 1.165) is 51.0 Å². The van der Waals surface area contributed by atoms with Crippen LogP contribution in [0.15, 0.2) is 47.2 Å². The standard InChI is InChI=1S/C21H26N6O/c1-16-23-20(28-24-16)19-12-26(10-17-6-4-3-5-7-17)13-21(19)14-27(15-21)11-18-8-22-25(2)9-18/h3-9,19H,10-15H2,1-2H3. The van der Waals surface area contributed by atoms with Gasteiger partial charge >= 0.3 is 0 Å². The summed E-state index contributed by atoms with van der Waals surface area (Å²) in [6.45, 7) is 7.96. The fraction of sp³-hybridized carbons (Fsp3) is 0.476. The molecular formula is C21H26N6O. The minimum Gasteiger partial charge on any atom is -0.339 e. The molecule has 0 aliphatic carbocycles. The molecule has 7 nitrogen and oxygen atoms in total. The van der Waals surface area contributed by atoms with Crippen molar-refractivity contribution >= 4 is 0 Å². The summed E-state index contributed by atoms with van der Waals surface area (Å²) in [5.41, 5.74) is 2.81. The molecule has 2 aliphatic heterocycles. The van der Waals surface area contributed by atoms with Gasteiger partial charge in [-0.15, -0.1) is 0 Å². The largest absolute Gasteiger partial charge is 0.339 e. The molecule has 1 aromatic carbocycles. The smallest absolute Gasteiger partial charge is 0.231 e. The number of likely N-dealkylation sites (tertiary alicyclic amines) is 2. The highest BCUT2D eigenvalue weighted by atomic mass is 16.5. The van der Waals surface area contributed by atoms with Gasteiger partial charge in [-0.1, -0.05) is 35.5 Å². The second-order valence-corrected chi connectivity index (χ2v) is 8.42. The maximum Gasteiger partial charge on any atom is 0.231 e. The van der Waals surface area contributed by atoms with Gasteiger partial charge in [0.15, 0.2) is 5.82 Å². The topological polar surface area (TPSA) is 63.2 Å². The van der Waals surface area contributed by atoms with Crippen LogP contribution in [0.5, 0.6) is 0 Å². The highest BCUT2D eigenvalue weighted by molar-refractivity contribution is 5.20. The maximum atomic E-state index is 5.62. The molecule has 0 N–H and O–H groups in total. The highest BCUT2D eigenvalue weighted by Crippen LogP contribution is 2.49. The Morgan fingerprint density at radius 3 is 2.50 bits per heavy atom. The Kier molecular flexibility index (Phi) is 4.29. The van der Waals surface area contributed by atoms with Crippen LogP contribution in [0.2, 0.25) is 0 Å². The SMILES string of the molecule is Cc1noc(C2CN(Cc3ccccc3)CC23CN(Cc2cnn(C)c2)C3)n1. The van der Waals surface area contributed by atoms with Crippen LogP contribution in [-0.4, -0.2) is 55.9 Å². The maximum absolute atomic E-state index is 5.62. The van der Waals surface area contributed by atoms with Crippen LogP contribution in [0, 0.1) is 12.3 Å². The molecule has 0 radical (unpaired) electrons. The van der Waals surface area contributed by atoms with Crippen molar-refractivity contribution < 1.29 is 4.52 Å². The van der Waals surface area contributed by atoms with Crippen molar-refractivity contribution in [2.24, 2.45) is 12.5 Å². The highest BCUT2D eigenvalue weighted by Gasteiger charge is 2.56. The van der Waals surface area contributed by atoms with Gasteiger partial charge in [-0.3, -0.25) is 14.5 Å². The van der Waals surface area contributed by atoms with Crippen LogP contribution in [0.1, 0.15) is 28.8 Å². The number of hydrogen-bond acceptors (Lipinski definition) is 6. The number of nitrogens with zero attached hydrogens (tertiary/aromatic N) is 6. The average molecular weight is 378 g/mol. The lowest BCUT2D eigenvalue weighted by Crippen LogP contribution is -2.59. The zero-order chi connectivity index (χ0) is 19.1. The summed E-state index contributed by atoms with van der Waals surface area (Å²) in [5, 5.41) is 8.34. The molecule has 0 bridgehead atoms. The molecule has 28 heavy (non-hydrogen) atoms. The summed E-state index contributed by atoms with van der Waals surface area (Å²) in [6.07, 6.45) is 4.06. The summed E-state index contributed by atoms with van der Waals surface area (Å²) in [4.78, 5) is 9.63. The molecule has 2 saturated heterocycles. The lowest BCUT2D eigenvalue weighted by atomic mass is 9.71. The molecule has 146 valence electrons. The second-order valence-electron chi connectivity index (χ2n) is 8.42. The van der Waals surface area contributed by atoms with E-state index in [-0.39, 0.29) is 5.41 Å². The van der Waals surface area contributed by atoms with Crippen LogP contribution in [-0.2, 0) is 20.1 Å². The van der Waals surface area contributed by atoms with E-state index in [1.165, 1.54) is 11.1 Å². The quantitative estimate of drug-likeness (QED) is 0.678. The third kappa shape index (κ3) is 3.25.